The van der Waals surface area contributed by atoms with Crippen LogP contribution in [0.1, 0.15) is 44.8 Å². The summed E-state index contributed by atoms with van der Waals surface area (Å²) in [4.78, 5) is 24.4. The number of nitrogen functional groups attached to an aromatic ring is 1. The molecule has 0 bridgehead atoms. The molecule has 2 aliphatic rings. The molecule has 5 rings (SSSR count). The molecule has 0 radical (unpaired) electrons. The number of hydrogen-bond acceptors (Lipinski definition) is 6. The molecule has 4 heterocycles. The molecule has 3 aromatic heterocycles. The summed E-state index contributed by atoms with van der Waals surface area (Å²) >= 11 is 0. The summed E-state index contributed by atoms with van der Waals surface area (Å²) in [7, 11) is 0. The number of imidazole rings is 1. The van der Waals surface area contributed by atoms with Gasteiger partial charge in [-0.2, -0.15) is 0 Å². The van der Waals surface area contributed by atoms with Crippen LogP contribution in [0.25, 0.3) is 11.0 Å². The number of hydrogen-bond donors (Lipinski definition) is 3. The molecule has 1 atom stereocenters. The third-order valence-corrected chi connectivity index (χ3v) is 6.12. The third-order valence-electron chi connectivity index (χ3n) is 6.12. The largest absolute Gasteiger partial charge is 0.382 e. The van der Waals surface area contributed by atoms with E-state index in [-0.39, 0.29) is 17.7 Å². The zero-order valence-electron chi connectivity index (χ0n) is 17.9. The maximum absolute atomic E-state index is 13.3. The van der Waals surface area contributed by atoms with Crippen LogP contribution in [0.3, 0.4) is 0 Å². The van der Waals surface area contributed by atoms with E-state index in [1.54, 1.807) is 18.5 Å². The van der Waals surface area contributed by atoms with Crippen LogP contribution in [0.15, 0.2) is 35.4 Å². The van der Waals surface area contributed by atoms with Crippen LogP contribution in [0.4, 0.5) is 11.5 Å². The van der Waals surface area contributed by atoms with E-state index < -0.39 is 0 Å². The number of nitrogens with zero attached hydrogens (tertiary/aromatic N) is 5. The van der Waals surface area contributed by atoms with Crippen molar-refractivity contribution < 1.29 is 0 Å². The number of nitrogens with two attached hydrogens (primary N) is 1. The highest BCUT2D eigenvalue weighted by Gasteiger charge is 2.33. The van der Waals surface area contributed by atoms with Gasteiger partial charge in [0.2, 0.25) is 0 Å². The third kappa shape index (κ3) is 3.43. The Morgan fingerprint density at radius 2 is 2.10 bits per heavy atom. The molecule has 9 nitrogen and oxygen atoms in total. The van der Waals surface area contributed by atoms with Gasteiger partial charge in [-0.1, -0.05) is 13.8 Å². The Bertz CT molecular complexity index is 1210. The summed E-state index contributed by atoms with van der Waals surface area (Å²) in [5.74, 6) is 1.20. The Morgan fingerprint density at radius 1 is 1.29 bits per heavy atom. The standard InChI is InChI=1S/C22H28N8O/c1-13(2)8-10-28-17-6-5-15(20(23)24)26-21(17)27-19(28)12-29-18-11-25-9-7-16(18)30(22(29)31)14-3-4-14/h5-7,9,11,13-14,19H,3-4,8,10,12H2,1-2H3,(H3,23,24)(H,26,27). The van der Waals surface area contributed by atoms with Crippen molar-refractivity contribution in [1.29, 1.82) is 5.41 Å². The minimum atomic E-state index is -0.125. The average molecular weight is 421 g/mol. The van der Waals surface area contributed by atoms with Gasteiger partial charge in [-0.15, -0.1) is 0 Å². The van der Waals surface area contributed by atoms with Gasteiger partial charge in [-0.05, 0) is 43.4 Å². The van der Waals surface area contributed by atoms with Crippen LogP contribution < -0.4 is 21.6 Å². The van der Waals surface area contributed by atoms with E-state index in [9.17, 15) is 4.79 Å². The normalized spacial score (nSPS) is 17.9. The maximum Gasteiger partial charge on any atom is 0.329 e. The Labute approximate surface area is 180 Å². The lowest BCUT2D eigenvalue weighted by Gasteiger charge is -2.27. The topological polar surface area (TPSA) is 118 Å². The van der Waals surface area contributed by atoms with E-state index in [4.69, 9.17) is 11.1 Å². The molecule has 1 aliphatic carbocycles. The first-order valence-corrected chi connectivity index (χ1v) is 10.9. The van der Waals surface area contributed by atoms with E-state index in [1.165, 1.54) is 0 Å². The van der Waals surface area contributed by atoms with Gasteiger partial charge < -0.3 is 16.0 Å². The van der Waals surface area contributed by atoms with E-state index in [2.05, 4.69) is 34.0 Å². The maximum atomic E-state index is 13.3. The van der Waals surface area contributed by atoms with Gasteiger partial charge in [0.15, 0.2) is 5.82 Å². The summed E-state index contributed by atoms with van der Waals surface area (Å²) < 4.78 is 3.75. The number of amidine groups is 1. The molecule has 162 valence electrons. The smallest absolute Gasteiger partial charge is 0.329 e. The Hall–Kier alpha value is -3.36. The predicted molar refractivity (Wildman–Crippen MR) is 122 cm³/mol. The second-order valence-corrected chi connectivity index (χ2v) is 8.87. The van der Waals surface area contributed by atoms with E-state index >= 15 is 0 Å². The van der Waals surface area contributed by atoms with Crippen LogP contribution in [0.2, 0.25) is 0 Å². The van der Waals surface area contributed by atoms with Crippen molar-refractivity contribution in [2.24, 2.45) is 11.7 Å². The van der Waals surface area contributed by atoms with Gasteiger partial charge in [0, 0.05) is 18.8 Å². The SMILES string of the molecule is CC(C)CCN1c2ccc(C(=N)N)nc2NC1Cn1c(=O)n(C2CC2)c2ccncc21. The minimum Gasteiger partial charge on any atom is -0.382 e. The summed E-state index contributed by atoms with van der Waals surface area (Å²) in [6.45, 7) is 5.73. The molecule has 3 aromatic rings. The minimum absolute atomic E-state index is 0.0180. The van der Waals surface area contributed by atoms with E-state index in [0.717, 1.165) is 42.5 Å². The van der Waals surface area contributed by atoms with Crippen LogP contribution in [0, 0.1) is 11.3 Å². The summed E-state index contributed by atoms with van der Waals surface area (Å²) in [5.41, 5.74) is 8.89. The van der Waals surface area contributed by atoms with E-state index in [0.29, 0.717) is 30.0 Å². The quantitative estimate of drug-likeness (QED) is 0.399. The first kappa shape index (κ1) is 19.6. The number of rotatable bonds is 7. The van der Waals surface area contributed by atoms with Crippen molar-refractivity contribution in [2.75, 3.05) is 16.8 Å². The fourth-order valence-electron chi connectivity index (χ4n) is 4.32. The lowest BCUT2D eigenvalue weighted by atomic mass is 10.1. The summed E-state index contributed by atoms with van der Waals surface area (Å²) in [5, 5.41) is 11.2. The lowest BCUT2D eigenvalue weighted by molar-refractivity contribution is 0.511. The molecule has 4 N–H and O–H groups in total. The monoisotopic (exact) mass is 420 g/mol. The number of nitrogens with one attached hydrogen (secondary N) is 2. The van der Waals surface area contributed by atoms with Gasteiger partial charge in [0.25, 0.3) is 0 Å². The van der Waals surface area contributed by atoms with Crippen LogP contribution in [-0.2, 0) is 6.54 Å². The molecule has 1 aliphatic heterocycles. The molecule has 0 amide bonds. The Kier molecular flexibility index (Phi) is 4.68. The van der Waals surface area contributed by atoms with Crippen molar-refractivity contribution in [3.05, 3.63) is 46.8 Å². The van der Waals surface area contributed by atoms with Crippen LogP contribution in [0.5, 0.6) is 0 Å². The molecule has 0 spiro atoms. The first-order chi connectivity index (χ1) is 14.9. The highest BCUT2D eigenvalue weighted by atomic mass is 16.1. The molecule has 1 fully saturated rings. The Balaban J connectivity index is 1.52. The van der Waals surface area contributed by atoms with Gasteiger partial charge >= 0.3 is 5.69 Å². The highest BCUT2D eigenvalue weighted by Crippen LogP contribution is 2.37. The second kappa shape index (κ2) is 7.40. The van der Waals surface area contributed by atoms with E-state index in [1.807, 2.05) is 21.3 Å². The van der Waals surface area contributed by atoms with Gasteiger partial charge in [0.1, 0.15) is 17.7 Å². The zero-order valence-corrected chi connectivity index (χ0v) is 17.9. The second-order valence-electron chi connectivity index (χ2n) is 8.87. The van der Waals surface area contributed by atoms with Gasteiger partial charge in [-0.25, -0.2) is 9.78 Å². The van der Waals surface area contributed by atoms with Crippen LogP contribution >= 0.6 is 0 Å². The molecule has 0 aromatic carbocycles. The molecule has 0 saturated heterocycles. The Morgan fingerprint density at radius 3 is 2.81 bits per heavy atom. The zero-order chi connectivity index (χ0) is 21.7. The van der Waals surface area contributed by atoms with Crippen LogP contribution in [-0.4, -0.2) is 37.6 Å². The fraction of sp³-hybridized carbons (Fsp3) is 0.455. The highest BCUT2D eigenvalue weighted by molar-refractivity contribution is 5.94. The summed E-state index contributed by atoms with van der Waals surface area (Å²) in [6, 6.07) is 5.97. The van der Waals surface area contributed by atoms with Crippen molar-refractivity contribution in [2.45, 2.75) is 51.9 Å². The van der Waals surface area contributed by atoms with Gasteiger partial charge in [0.05, 0.1) is 29.5 Å². The predicted octanol–water partition coefficient (Wildman–Crippen LogP) is 2.52. The molecule has 31 heavy (non-hydrogen) atoms. The first-order valence-electron chi connectivity index (χ1n) is 10.9. The number of fused-ring (bicyclic) bond motifs is 2. The lowest BCUT2D eigenvalue weighted by Crippen LogP contribution is -2.42. The van der Waals surface area contributed by atoms with Crippen molar-refractivity contribution in [3.63, 3.8) is 0 Å². The van der Waals surface area contributed by atoms with Crippen molar-refractivity contribution in [1.82, 2.24) is 19.1 Å². The fourth-order valence-corrected chi connectivity index (χ4v) is 4.32. The van der Waals surface area contributed by atoms with Crippen molar-refractivity contribution in [3.8, 4) is 0 Å². The number of pyridine rings is 2. The molecular formula is C22H28N8O. The van der Waals surface area contributed by atoms with Gasteiger partial charge in [-0.3, -0.25) is 19.5 Å². The molecular weight excluding hydrogens is 392 g/mol. The summed E-state index contributed by atoms with van der Waals surface area (Å²) in [6.07, 6.45) is 6.52. The molecule has 1 saturated carbocycles. The molecule has 9 heteroatoms. The number of aromatic nitrogens is 4. The average Bonchev–Trinajstić information content (AvgIpc) is 3.46. The number of anilines is 2. The van der Waals surface area contributed by atoms with Crippen molar-refractivity contribution >= 4 is 28.4 Å². The molecule has 1 unspecified atom stereocenters.